The quantitative estimate of drug-likeness (QED) is 0.302. The molecule has 16 heavy (non-hydrogen) atoms. The third-order valence-corrected chi connectivity index (χ3v) is 2.68. The number of rotatable bonds is 3. The van der Waals surface area contributed by atoms with Gasteiger partial charge in [0.1, 0.15) is 24.4 Å². The third-order valence-electron chi connectivity index (χ3n) is 2.68. The Kier molecular flexibility index (Phi) is 4.63. The highest BCUT2D eigenvalue weighted by Gasteiger charge is 2.44. The lowest BCUT2D eigenvalue weighted by atomic mass is 9.90. The van der Waals surface area contributed by atoms with Gasteiger partial charge in [-0.25, -0.2) is 0 Å². The zero-order valence-corrected chi connectivity index (χ0v) is 9.00. The van der Waals surface area contributed by atoms with Crippen molar-refractivity contribution in [3.05, 3.63) is 0 Å². The zero-order valence-electron chi connectivity index (χ0n) is 9.00. The van der Waals surface area contributed by atoms with E-state index in [1.165, 1.54) is 0 Å². The average molecular weight is 234 g/mol. The van der Waals surface area contributed by atoms with Crippen LogP contribution in [0.3, 0.4) is 0 Å². The zero-order chi connectivity index (χ0) is 12.3. The van der Waals surface area contributed by atoms with Gasteiger partial charge in [0, 0.05) is 6.54 Å². The molecular weight excluding hydrogens is 216 g/mol. The van der Waals surface area contributed by atoms with Gasteiger partial charge in [-0.1, -0.05) is 0 Å². The molecule has 7 heteroatoms. The molecule has 6 N–H and O–H groups in total. The highest BCUT2D eigenvalue weighted by atomic mass is 16.4. The van der Waals surface area contributed by atoms with Gasteiger partial charge in [0.05, 0.1) is 12.6 Å². The van der Waals surface area contributed by atoms with Crippen LogP contribution in [0.5, 0.6) is 0 Å². The maximum absolute atomic E-state index is 11.5. The molecule has 0 aromatic heterocycles. The molecule has 94 valence electrons. The number of aliphatic hydroxyl groups is 4. The summed E-state index contributed by atoms with van der Waals surface area (Å²) in [7, 11) is 0. The summed E-state index contributed by atoms with van der Waals surface area (Å²) in [6.45, 7) is 1.69. The van der Waals surface area contributed by atoms with Crippen LogP contribution in [0.2, 0.25) is 0 Å². The van der Waals surface area contributed by atoms with Crippen molar-refractivity contribution < 1.29 is 25.2 Å². The minimum Gasteiger partial charge on any atom is -0.395 e. The monoisotopic (exact) mass is 234 g/mol. The largest absolute Gasteiger partial charge is 0.395 e. The Bertz CT molecular complexity index is 248. The van der Waals surface area contributed by atoms with Crippen molar-refractivity contribution in [3.8, 4) is 0 Å². The molecule has 0 saturated carbocycles. The van der Waals surface area contributed by atoms with E-state index in [9.17, 15) is 20.1 Å². The number of piperidine rings is 1. The fourth-order valence-corrected chi connectivity index (χ4v) is 1.74. The fraction of sp³-hybridized carbons (Fsp3) is 0.889. The number of carbonyl (C=O) groups excluding carboxylic acids is 1. The van der Waals surface area contributed by atoms with Crippen molar-refractivity contribution in [1.29, 1.82) is 0 Å². The lowest BCUT2D eigenvalue weighted by Crippen LogP contribution is -2.69. The van der Waals surface area contributed by atoms with E-state index in [0.717, 1.165) is 0 Å². The summed E-state index contributed by atoms with van der Waals surface area (Å²) < 4.78 is 0. The number of hydrogen-bond donors (Lipinski definition) is 6. The highest BCUT2D eigenvalue weighted by Crippen LogP contribution is 2.15. The first-order valence-electron chi connectivity index (χ1n) is 5.21. The number of nitrogens with one attached hydrogen (secondary N) is 2. The van der Waals surface area contributed by atoms with Crippen molar-refractivity contribution in [2.24, 2.45) is 0 Å². The molecule has 1 amide bonds. The highest BCUT2D eigenvalue weighted by molar-refractivity contribution is 5.82. The smallest absolute Gasteiger partial charge is 0.239 e. The SMILES string of the molecule is CCNC(=O)[C@H]1N[C@H](CO)[C@@H](O)[C@H](O)[C@@H]1O. The summed E-state index contributed by atoms with van der Waals surface area (Å²) in [4.78, 5) is 11.5. The van der Waals surface area contributed by atoms with Gasteiger partial charge in [0.2, 0.25) is 5.91 Å². The second-order valence-corrected chi connectivity index (χ2v) is 3.80. The Balaban J connectivity index is 2.74. The molecule has 1 heterocycles. The van der Waals surface area contributed by atoms with Gasteiger partial charge in [-0.15, -0.1) is 0 Å². The van der Waals surface area contributed by atoms with E-state index in [2.05, 4.69) is 10.6 Å². The second kappa shape index (κ2) is 5.55. The molecular formula is C9H18N2O5. The van der Waals surface area contributed by atoms with Crippen LogP contribution in [-0.2, 0) is 4.79 Å². The van der Waals surface area contributed by atoms with Crippen molar-refractivity contribution >= 4 is 5.91 Å². The van der Waals surface area contributed by atoms with Gasteiger partial charge in [-0.3, -0.25) is 10.1 Å². The number of carbonyl (C=O) groups is 1. The van der Waals surface area contributed by atoms with Gasteiger partial charge >= 0.3 is 0 Å². The van der Waals surface area contributed by atoms with E-state index in [4.69, 9.17) is 5.11 Å². The first-order valence-corrected chi connectivity index (χ1v) is 5.21. The number of amides is 1. The number of hydrogen-bond acceptors (Lipinski definition) is 6. The predicted octanol–water partition coefficient (Wildman–Crippen LogP) is -3.46. The molecule has 1 fully saturated rings. The van der Waals surface area contributed by atoms with Gasteiger partial charge in [-0.05, 0) is 6.92 Å². The van der Waals surface area contributed by atoms with Crippen molar-refractivity contribution in [2.75, 3.05) is 13.2 Å². The van der Waals surface area contributed by atoms with Crippen molar-refractivity contribution in [2.45, 2.75) is 37.3 Å². The van der Waals surface area contributed by atoms with Gasteiger partial charge in [-0.2, -0.15) is 0 Å². The third kappa shape index (κ3) is 2.50. The Morgan fingerprint density at radius 2 is 1.88 bits per heavy atom. The number of likely N-dealkylation sites (N-methyl/N-ethyl adjacent to an activating group) is 1. The fourth-order valence-electron chi connectivity index (χ4n) is 1.74. The molecule has 0 unspecified atom stereocenters. The number of aliphatic hydroxyl groups excluding tert-OH is 4. The molecule has 0 aromatic carbocycles. The first-order chi connectivity index (χ1) is 7.52. The Morgan fingerprint density at radius 3 is 2.38 bits per heavy atom. The molecule has 0 bridgehead atoms. The van der Waals surface area contributed by atoms with E-state index in [-0.39, 0.29) is 0 Å². The second-order valence-electron chi connectivity index (χ2n) is 3.80. The molecule has 5 atom stereocenters. The molecule has 7 nitrogen and oxygen atoms in total. The minimum absolute atomic E-state index is 0.395. The lowest BCUT2D eigenvalue weighted by Gasteiger charge is -2.40. The molecule has 0 aliphatic carbocycles. The van der Waals surface area contributed by atoms with Gasteiger partial charge in [0.25, 0.3) is 0 Å². The first kappa shape index (κ1) is 13.3. The molecule has 0 spiro atoms. The molecule has 1 saturated heterocycles. The van der Waals surface area contributed by atoms with Gasteiger partial charge in [0.15, 0.2) is 0 Å². The normalized spacial score (nSPS) is 39.4. The minimum atomic E-state index is -1.45. The Labute approximate surface area is 93.1 Å². The summed E-state index contributed by atoms with van der Waals surface area (Å²) >= 11 is 0. The Morgan fingerprint density at radius 1 is 1.25 bits per heavy atom. The lowest BCUT2D eigenvalue weighted by molar-refractivity contribution is -0.145. The van der Waals surface area contributed by atoms with Crippen LogP contribution in [-0.4, -0.2) is 69.9 Å². The maximum Gasteiger partial charge on any atom is 0.239 e. The molecule has 1 aliphatic rings. The van der Waals surface area contributed by atoms with Crippen LogP contribution in [0.1, 0.15) is 6.92 Å². The summed E-state index contributed by atoms with van der Waals surface area (Å²) in [5.74, 6) is -0.473. The summed E-state index contributed by atoms with van der Waals surface area (Å²) in [5.41, 5.74) is 0. The molecule has 0 radical (unpaired) electrons. The Hall–Kier alpha value is -0.730. The summed E-state index contributed by atoms with van der Waals surface area (Å²) in [5, 5.41) is 42.6. The predicted molar refractivity (Wildman–Crippen MR) is 54.5 cm³/mol. The topological polar surface area (TPSA) is 122 Å². The van der Waals surface area contributed by atoms with Crippen molar-refractivity contribution in [1.82, 2.24) is 10.6 Å². The van der Waals surface area contributed by atoms with Crippen LogP contribution in [0.25, 0.3) is 0 Å². The average Bonchev–Trinajstić information content (AvgIpc) is 2.27. The van der Waals surface area contributed by atoms with E-state index >= 15 is 0 Å². The van der Waals surface area contributed by atoms with E-state index in [1.807, 2.05) is 0 Å². The molecule has 1 aliphatic heterocycles. The summed E-state index contributed by atoms with van der Waals surface area (Å²) in [6.07, 6.45) is -4.15. The maximum atomic E-state index is 11.5. The molecule has 0 aromatic rings. The van der Waals surface area contributed by atoms with Crippen LogP contribution in [0.4, 0.5) is 0 Å². The van der Waals surface area contributed by atoms with Crippen LogP contribution >= 0.6 is 0 Å². The van der Waals surface area contributed by atoms with Crippen LogP contribution < -0.4 is 10.6 Å². The van der Waals surface area contributed by atoms with E-state index < -0.39 is 42.9 Å². The van der Waals surface area contributed by atoms with Gasteiger partial charge < -0.3 is 25.7 Å². The van der Waals surface area contributed by atoms with Crippen molar-refractivity contribution in [3.63, 3.8) is 0 Å². The molecule has 1 rings (SSSR count). The van der Waals surface area contributed by atoms with E-state index in [0.29, 0.717) is 6.54 Å². The van der Waals surface area contributed by atoms with Crippen LogP contribution in [0, 0.1) is 0 Å². The standard InChI is InChI=1S/C9H18N2O5/c1-2-10-9(16)5-7(14)8(15)6(13)4(3-12)11-5/h4-8,11-15H,2-3H2,1H3,(H,10,16)/t4-,5+,6-,7-,8+/m1/s1. The van der Waals surface area contributed by atoms with Crippen LogP contribution in [0.15, 0.2) is 0 Å². The van der Waals surface area contributed by atoms with E-state index in [1.54, 1.807) is 6.92 Å². The summed E-state index contributed by atoms with van der Waals surface area (Å²) in [6, 6.07) is -1.86.